The first kappa shape index (κ1) is 18.1. The van der Waals surface area contributed by atoms with Gasteiger partial charge in [0.05, 0.1) is 44.9 Å². The highest BCUT2D eigenvalue weighted by molar-refractivity contribution is 7.28. The Kier molecular flexibility index (Phi) is 8.63. The number of aliphatic hydroxyl groups excluding tert-OH is 3. The van der Waals surface area contributed by atoms with Gasteiger partial charge in [-0.25, -0.2) is 0 Å². The normalized spacial score (nSPS) is 10.5. The summed E-state index contributed by atoms with van der Waals surface area (Å²) in [5.41, 5.74) is 3.94. The summed E-state index contributed by atoms with van der Waals surface area (Å²) in [6.45, 7) is -1.21. The number of hydrogen-bond donors (Lipinski definition) is 4. The van der Waals surface area contributed by atoms with E-state index < -0.39 is 25.4 Å². The van der Waals surface area contributed by atoms with Gasteiger partial charge in [-0.1, -0.05) is 15.3 Å². The zero-order valence-electron chi connectivity index (χ0n) is 11.2. The first-order valence-corrected chi connectivity index (χ1v) is 6.13. The van der Waals surface area contributed by atoms with Crippen LogP contribution in [0.2, 0.25) is 0 Å². The lowest BCUT2D eigenvalue weighted by atomic mass is 10.1. The molecule has 0 bridgehead atoms. The van der Waals surface area contributed by atoms with Crippen LogP contribution in [0, 0.1) is 0 Å². The molecule has 0 aliphatic carbocycles. The summed E-state index contributed by atoms with van der Waals surface area (Å²) in [7, 11) is 5.87. The van der Waals surface area contributed by atoms with Gasteiger partial charge < -0.3 is 30.5 Å². The molecule has 1 rings (SSSR count). The molecule has 1 atom stereocenters. The summed E-state index contributed by atoms with van der Waals surface area (Å²) in [4.78, 5) is 0. The van der Waals surface area contributed by atoms with Gasteiger partial charge in [-0.2, -0.15) is 0 Å². The number of benzene rings is 1. The number of aliphatic hydroxyl groups is 3. The number of methoxy groups -OCH3 is 2. The molecule has 0 aliphatic heterocycles. The lowest BCUT2D eigenvalue weighted by Gasteiger charge is -2.20. The van der Waals surface area contributed by atoms with E-state index in [0.29, 0.717) is 0 Å². The molecule has 1 aromatic rings. The largest absolute Gasteiger partial charge is 0.496 e. The predicted octanol–water partition coefficient (Wildman–Crippen LogP) is -1.14. The molecule has 0 fully saturated rings. The molecule has 0 spiro atoms. The molecule has 0 saturated heterocycles. The summed E-state index contributed by atoms with van der Waals surface area (Å²) in [5, 5.41) is 26.0. The topological polar surface area (TPSA) is 105 Å². The van der Waals surface area contributed by atoms with Crippen molar-refractivity contribution >= 4 is 14.5 Å². The smallest absolute Gasteiger partial charge is 0.129 e. The Morgan fingerprint density at radius 3 is 1.63 bits per heavy atom. The Morgan fingerprint density at radius 2 is 1.42 bits per heavy atom. The van der Waals surface area contributed by atoms with Gasteiger partial charge >= 0.3 is 0 Å². The molecule has 0 amide bonds. The maximum Gasteiger partial charge on any atom is 0.129 e. The van der Waals surface area contributed by atoms with E-state index in [1.807, 2.05) is 18.2 Å². The molecule has 6 nitrogen and oxygen atoms in total. The monoisotopic (exact) mass is 291 g/mol. The third-order valence-electron chi connectivity index (χ3n) is 2.41. The minimum absolute atomic E-state index is 0.403. The van der Waals surface area contributed by atoms with Gasteiger partial charge in [-0.15, -0.1) is 0 Å². The van der Waals surface area contributed by atoms with Crippen LogP contribution in [-0.4, -0.2) is 54.9 Å². The van der Waals surface area contributed by atoms with Crippen LogP contribution >= 0.6 is 9.24 Å². The van der Waals surface area contributed by atoms with Crippen LogP contribution in [0.4, 0.5) is 0 Å². The van der Waals surface area contributed by atoms with Crippen LogP contribution in [0.15, 0.2) is 18.2 Å². The molecule has 0 aliphatic rings. The van der Waals surface area contributed by atoms with Crippen molar-refractivity contribution < 1.29 is 24.8 Å². The maximum atomic E-state index is 8.34. The van der Waals surface area contributed by atoms with Crippen LogP contribution in [0.3, 0.4) is 0 Å². The van der Waals surface area contributed by atoms with Crippen LogP contribution < -0.4 is 20.5 Å². The van der Waals surface area contributed by atoms with Crippen molar-refractivity contribution in [1.82, 2.24) is 0 Å². The van der Waals surface area contributed by atoms with E-state index in [0.717, 1.165) is 16.8 Å². The molecule has 1 aromatic carbocycles. The van der Waals surface area contributed by atoms with Gasteiger partial charge in [0.2, 0.25) is 0 Å². The van der Waals surface area contributed by atoms with Gasteiger partial charge in [0, 0.05) is 0 Å². The Labute approximate surface area is 115 Å². The molecule has 0 heterocycles. The fourth-order valence-corrected chi connectivity index (χ4v) is 1.46. The summed E-state index contributed by atoms with van der Waals surface area (Å²) >= 11 is 0. The highest BCUT2D eigenvalue weighted by Gasteiger charge is 2.20. The van der Waals surface area contributed by atoms with Gasteiger partial charge in [-0.05, 0) is 12.1 Å². The number of nitrogens with two attached hydrogens (primary N) is 1. The number of rotatable bonds is 5. The Hall–Kier alpha value is -0.910. The summed E-state index contributed by atoms with van der Waals surface area (Å²) in [5.74, 6) is 1.66. The fraction of sp³-hybridized carbons (Fsp3) is 0.500. The quantitative estimate of drug-likeness (QED) is 0.511. The van der Waals surface area contributed by atoms with Crippen LogP contribution in [0.1, 0.15) is 0 Å². The van der Waals surface area contributed by atoms with Gasteiger partial charge in [0.1, 0.15) is 11.5 Å². The van der Waals surface area contributed by atoms with Crippen LogP contribution in [0.25, 0.3) is 0 Å². The highest BCUT2D eigenvalue weighted by atomic mass is 31.0. The third-order valence-corrected chi connectivity index (χ3v) is 2.98. The first-order chi connectivity index (χ1) is 8.97. The second kappa shape index (κ2) is 9.07. The van der Waals surface area contributed by atoms with E-state index in [1.165, 1.54) is 0 Å². The zero-order valence-corrected chi connectivity index (χ0v) is 12.3. The summed E-state index contributed by atoms with van der Waals surface area (Å²) in [6.07, 6.45) is 0. The Morgan fingerprint density at radius 1 is 1.05 bits per heavy atom. The fourth-order valence-electron chi connectivity index (χ4n) is 1.03. The minimum Gasteiger partial charge on any atom is -0.496 e. The van der Waals surface area contributed by atoms with Crippen molar-refractivity contribution in [2.24, 2.45) is 5.73 Å². The molecule has 0 saturated carbocycles. The predicted molar refractivity (Wildman–Crippen MR) is 77.1 cm³/mol. The van der Waals surface area contributed by atoms with Crippen molar-refractivity contribution in [3.05, 3.63) is 18.2 Å². The van der Waals surface area contributed by atoms with E-state index in [4.69, 9.17) is 30.5 Å². The van der Waals surface area contributed by atoms with Crippen molar-refractivity contribution in [2.75, 3.05) is 34.0 Å². The Bertz CT molecular complexity index is 341. The van der Waals surface area contributed by atoms with Crippen molar-refractivity contribution in [2.45, 2.75) is 5.54 Å². The number of ether oxygens (including phenoxy) is 2. The van der Waals surface area contributed by atoms with E-state index in [-0.39, 0.29) is 0 Å². The van der Waals surface area contributed by atoms with E-state index in [2.05, 4.69) is 9.24 Å². The third kappa shape index (κ3) is 5.72. The minimum atomic E-state index is -1.21. The SMILES string of the molecule is COc1cccc(OC)c1P.NC(CO)(CO)CO. The van der Waals surface area contributed by atoms with Gasteiger partial charge in [0.15, 0.2) is 0 Å². The van der Waals surface area contributed by atoms with Gasteiger partial charge in [0.25, 0.3) is 0 Å². The Balaban J connectivity index is 0.000000362. The van der Waals surface area contributed by atoms with Crippen molar-refractivity contribution in [1.29, 1.82) is 0 Å². The summed E-state index contributed by atoms with van der Waals surface area (Å²) in [6, 6.07) is 5.68. The molecule has 0 aromatic heterocycles. The maximum absolute atomic E-state index is 8.34. The highest BCUT2D eigenvalue weighted by Crippen LogP contribution is 2.18. The second-order valence-corrected chi connectivity index (χ2v) is 4.49. The first-order valence-electron chi connectivity index (χ1n) is 5.56. The van der Waals surface area contributed by atoms with E-state index in [9.17, 15) is 0 Å². The molecule has 110 valence electrons. The number of hydrogen-bond acceptors (Lipinski definition) is 6. The molecule has 5 N–H and O–H groups in total. The standard InChI is InChI=1S/C8H11O2P.C4H11NO3/c1-9-6-4-3-5-7(10-2)8(6)11;5-4(1-6,2-7)3-8/h3-5H,11H2,1-2H3;6-8H,1-3,5H2. The average Bonchev–Trinajstić information content (AvgIpc) is 2.47. The lowest BCUT2D eigenvalue weighted by molar-refractivity contribution is 0.0698. The van der Waals surface area contributed by atoms with E-state index >= 15 is 0 Å². The molecular weight excluding hydrogens is 269 g/mol. The molecule has 0 radical (unpaired) electrons. The van der Waals surface area contributed by atoms with Crippen LogP contribution in [0.5, 0.6) is 11.5 Å². The molecular formula is C12H22NO5P. The lowest BCUT2D eigenvalue weighted by Crippen LogP contribution is -2.50. The molecule has 19 heavy (non-hydrogen) atoms. The second-order valence-electron chi connectivity index (χ2n) is 3.91. The average molecular weight is 291 g/mol. The zero-order chi connectivity index (χ0) is 14.9. The van der Waals surface area contributed by atoms with Crippen molar-refractivity contribution in [3.8, 4) is 11.5 Å². The van der Waals surface area contributed by atoms with Crippen molar-refractivity contribution in [3.63, 3.8) is 0 Å². The molecule has 1 unspecified atom stereocenters. The summed E-state index contributed by atoms with van der Waals surface area (Å²) < 4.78 is 10.2. The van der Waals surface area contributed by atoms with E-state index in [1.54, 1.807) is 14.2 Å². The van der Waals surface area contributed by atoms with Crippen LogP contribution in [-0.2, 0) is 0 Å². The molecule has 7 heteroatoms. The van der Waals surface area contributed by atoms with Gasteiger partial charge in [-0.3, -0.25) is 0 Å².